The molecule has 0 aromatic heterocycles. The third-order valence-electron chi connectivity index (χ3n) is 1.41. The number of carbonyl (C=O) groups excluding carboxylic acids is 1. The number of hydrogen-bond acceptors (Lipinski definition) is 3. The van der Waals surface area contributed by atoms with Crippen LogP contribution in [0.5, 0.6) is 0 Å². The predicted octanol–water partition coefficient (Wildman–Crippen LogP) is 3.24. The summed E-state index contributed by atoms with van der Waals surface area (Å²) in [6.45, 7) is 14.8. The Morgan fingerprint density at radius 2 is 1.94 bits per heavy atom. The first-order chi connectivity index (χ1) is 7.65. The van der Waals surface area contributed by atoms with Gasteiger partial charge in [-0.1, -0.05) is 33.1 Å². The molecule has 3 nitrogen and oxygen atoms in total. The summed E-state index contributed by atoms with van der Waals surface area (Å²) in [7, 11) is 0. The van der Waals surface area contributed by atoms with E-state index in [1.807, 2.05) is 13.8 Å². The van der Waals surface area contributed by atoms with Gasteiger partial charge in [0.15, 0.2) is 6.10 Å². The molecule has 0 saturated carbocycles. The Kier molecular flexibility index (Phi) is 12.2. The van der Waals surface area contributed by atoms with Gasteiger partial charge in [0.05, 0.1) is 6.61 Å². The van der Waals surface area contributed by atoms with Gasteiger partial charge in [-0.2, -0.15) is 0 Å². The summed E-state index contributed by atoms with van der Waals surface area (Å²) < 4.78 is 10.0. The summed E-state index contributed by atoms with van der Waals surface area (Å²) in [6.07, 6.45) is 4.08. The molecule has 0 aliphatic heterocycles. The van der Waals surface area contributed by atoms with Crippen molar-refractivity contribution in [2.45, 2.75) is 33.8 Å². The second-order valence-electron chi connectivity index (χ2n) is 2.52. The molecular formula is C13H22O3. The second-order valence-corrected chi connectivity index (χ2v) is 2.52. The average Bonchev–Trinajstić information content (AvgIpc) is 2.31. The zero-order valence-corrected chi connectivity index (χ0v) is 10.7. The van der Waals surface area contributed by atoms with Gasteiger partial charge in [-0.25, -0.2) is 4.79 Å². The number of ether oxygens (including phenoxy) is 2. The second kappa shape index (κ2) is 11.6. The van der Waals surface area contributed by atoms with E-state index in [1.165, 1.54) is 6.08 Å². The molecule has 0 fully saturated rings. The highest BCUT2D eigenvalue weighted by Crippen LogP contribution is 2.05. The number of hydrogen-bond donors (Lipinski definition) is 0. The van der Waals surface area contributed by atoms with Crippen molar-refractivity contribution in [1.29, 1.82) is 0 Å². The van der Waals surface area contributed by atoms with Gasteiger partial charge in [-0.3, -0.25) is 0 Å². The van der Waals surface area contributed by atoms with E-state index in [-0.39, 0.29) is 5.97 Å². The fourth-order valence-electron chi connectivity index (χ4n) is 0.783. The maximum Gasteiger partial charge on any atom is 0.347 e. The van der Waals surface area contributed by atoms with Crippen LogP contribution in [-0.2, 0) is 14.3 Å². The summed E-state index contributed by atoms with van der Waals surface area (Å²) in [5.41, 5.74) is 0. The van der Waals surface area contributed by atoms with Crippen molar-refractivity contribution in [3.63, 3.8) is 0 Å². The molecule has 0 bridgehead atoms. The Morgan fingerprint density at radius 3 is 2.31 bits per heavy atom. The molecule has 16 heavy (non-hydrogen) atoms. The third-order valence-corrected chi connectivity index (χ3v) is 1.41. The third kappa shape index (κ3) is 7.85. The first-order valence-electron chi connectivity index (χ1n) is 5.44. The number of carbonyl (C=O) groups is 1. The largest absolute Gasteiger partial charge is 0.479 e. The Hall–Kier alpha value is -1.51. The van der Waals surface area contributed by atoms with Crippen LogP contribution < -0.4 is 0 Å². The Morgan fingerprint density at radius 1 is 1.38 bits per heavy atom. The lowest BCUT2D eigenvalue weighted by Gasteiger charge is -2.13. The molecule has 3 heteroatoms. The van der Waals surface area contributed by atoms with Crippen molar-refractivity contribution in [2.24, 2.45) is 0 Å². The molecule has 92 valence electrons. The molecule has 0 rings (SSSR count). The molecule has 0 heterocycles. The van der Waals surface area contributed by atoms with Crippen molar-refractivity contribution in [3.05, 3.63) is 37.1 Å². The van der Waals surface area contributed by atoms with Crippen molar-refractivity contribution in [2.75, 3.05) is 6.61 Å². The SMILES string of the molecule is C=C/C=C(\C=C)OC(C)C(=O)OCC.CC. The highest BCUT2D eigenvalue weighted by Gasteiger charge is 2.15. The molecule has 1 unspecified atom stereocenters. The van der Waals surface area contributed by atoms with E-state index in [0.29, 0.717) is 12.4 Å². The van der Waals surface area contributed by atoms with Crippen molar-refractivity contribution in [1.82, 2.24) is 0 Å². The molecule has 0 saturated heterocycles. The van der Waals surface area contributed by atoms with E-state index in [9.17, 15) is 4.79 Å². The lowest BCUT2D eigenvalue weighted by atomic mass is 10.4. The van der Waals surface area contributed by atoms with Crippen molar-refractivity contribution >= 4 is 5.97 Å². The molecule has 0 amide bonds. The molecular weight excluding hydrogens is 204 g/mol. The summed E-state index contributed by atoms with van der Waals surface area (Å²) >= 11 is 0. The van der Waals surface area contributed by atoms with Gasteiger partial charge in [-0.05, 0) is 26.0 Å². The fraction of sp³-hybridized carbons (Fsp3) is 0.462. The first-order valence-corrected chi connectivity index (χ1v) is 5.44. The van der Waals surface area contributed by atoms with Crippen molar-refractivity contribution in [3.8, 4) is 0 Å². The minimum Gasteiger partial charge on any atom is -0.479 e. The van der Waals surface area contributed by atoms with Crippen LogP contribution in [-0.4, -0.2) is 18.7 Å². The smallest absolute Gasteiger partial charge is 0.347 e. The van der Waals surface area contributed by atoms with E-state index in [1.54, 1.807) is 26.0 Å². The van der Waals surface area contributed by atoms with E-state index in [4.69, 9.17) is 9.47 Å². The van der Waals surface area contributed by atoms with Gasteiger partial charge < -0.3 is 9.47 Å². The fourth-order valence-corrected chi connectivity index (χ4v) is 0.783. The predicted molar refractivity (Wildman–Crippen MR) is 67.0 cm³/mol. The highest BCUT2D eigenvalue weighted by atomic mass is 16.6. The highest BCUT2D eigenvalue weighted by molar-refractivity contribution is 5.74. The zero-order valence-electron chi connectivity index (χ0n) is 10.7. The Balaban J connectivity index is 0. The van der Waals surface area contributed by atoms with Crippen molar-refractivity contribution < 1.29 is 14.3 Å². The van der Waals surface area contributed by atoms with E-state index < -0.39 is 6.10 Å². The van der Waals surface area contributed by atoms with E-state index in [2.05, 4.69) is 13.2 Å². The van der Waals surface area contributed by atoms with Crippen LogP contribution in [0.4, 0.5) is 0 Å². The molecule has 0 aliphatic carbocycles. The van der Waals surface area contributed by atoms with E-state index in [0.717, 1.165) is 0 Å². The minimum atomic E-state index is -0.626. The molecule has 0 N–H and O–H groups in total. The van der Waals surface area contributed by atoms with Crippen LogP contribution >= 0.6 is 0 Å². The van der Waals surface area contributed by atoms with Gasteiger partial charge in [0.2, 0.25) is 0 Å². The summed E-state index contributed by atoms with van der Waals surface area (Å²) in [5, 5.41) is 0. The zero-order chi connectivity index (χ0) is 13.0. The molecule has 1 atom stereocenters. The monoisotopic (exact) mass is 226 g/mol. The van der Waals surface area contributed by atoms with Gasteiger partial charge >= 0.3 is 5.97 Å². The van der Waals surface area contributed by atoms with Gasteiger partial charge in [0.25, 0.3) is 0 Å². The Labute approximate surface area is 98.4 Å². The normalized spacial score (nSPS) is 11.6. The lowest BCUT2D eigenvalue weighted by molar-refractivity contribution is -0.152. The summed E-state index contributed by atoms with van der Waals surface area (Å²) in [5.74, 6) is 0.116. The number of esters is 1. The van der Waals surface area contributed by atoms with Gasteiger partial charge in [0, 0.05) is 0 Å². The number of rotatable bonds is 6. The van der Waals surface area contributed by atoms with Crippen LogP contribution in [0.25, 0.3) is 0 Å². The summed E-state index contributed by atoms with van der Waals surface area (Å²) in [6, 6.07) is 0. The van der Waals surface area contributed by atoms with Gasteiger partial charge in [0.1, 0.15) is 5.76 Å². The topological polar surface area (TPSA) is 35.5 Å². The minimum absolute atomic E-state index is 0.348. The summed E-state index contributed by atoms with van der Waals surface area (Å²) in [4.78, 5) is 11.2. The molecule has 0 aromatic rings. The standard InChI is InChI=1S/C11H16O3.C2H6/c1-5-8-10(6-2)14-9(4)11(12)13-7-3;1-2/h5-6,8-9H,1-2,7H2,3-4H3;1-2H3/b10-8+;. The number of allylic oxidation sites excluding steroid dienone is 3. The maximum atomic E-state index is 11.2. The Bertz CT molecular complexity index is 242. The van der Waals surface area contributed by atoms with Crippen LogP contribution in [0.15, 0.2) is 37.1 Å². The molecule has 0 radical (unpaired) electrons. The lowest BCUT2D eigenvalue weighted by Crippen LogP contribution is -2.22. The first kappa shape index (κ1) is 16.9. The quantitative estimate of drug-likeness (QED) is 0.396. The van der Waals surface area contributed by atoms with Crippen LogP contribution in [0.1, 0.15) is 27.7 Å². The average molecular weight is 226 g/mol. The van der Waals surface area contributed by atoms with Crippen LogP contribution in [0, 0.1) is 0 Å². The van der Waals surface area contributed by atoms with Gasteiger partial charge in [-0.15, -0.1) is 0 Å². The van der Waals surface area contributed by atoms with Crippen LogP contribution in [0.2, 0.25) is 0 Å². The van der Waals surface area contributed by atoms with Crippen LogP contribution in [0.3, 0.4) is 0 Å². The maximum absolute atomic E-state index is 11.2. The molecule has 0 aromatic carbocycles. The van der Waals surface area contributed by atoms with E-state index >= 15 is 0 Å². The molecule has 0 spiro atoms. The molecule has 0 aliphatic rings.